The standard InChI is InChI=1S/C18H6N4S5/c1-2-8-10-4-6-12(25-10)14-17-15(19-26-21-17)13(16-18(14)22-27-20-16)11-5-3-9(24-11)7(1)23-8/h1-6H/b9-7-,10-8-,13-11?,14-12?. The molecule has 4 nitrogen and oxygen atoms in total. The molecule has 1 aromatic carbocycles. The largest absolute Gasteiger partial charge is 0.172 e. The number of thiophene rings is 3. The molecule has 7 heterocycles. The van der Waals surface area contributed by atoms with Crippen molar-refractivity contribution >= 4 is 79.5 Å². The molecule has 0 amide bonds. The van der Waals surface area contributed by atoms with Gasteiger partial charge >= 0.3 is 0 Å². The quantitative estimate of drug-likeness (QED) is 0.289. The Morgan fingerprint density at radius 2 is 0.926 bits per heavy atom. The second kappa shape index (κ2) is 5.27. The average Bonchev–Trinajstić information content (AvgIpc) is 3.50. The third-order valence-electron chi connectivity index (χ3n) is 4.72. The minimum atomic E-state index is 0.934. The lowest BCUT2D eigenvalue weighted by atomic mass is 10.1. The van der Waals surface area contributed by atoms with Gasteiger partial charge in [-0.1, -0.05) is 0 Å². The Balaban J connectivity index is 2.06. The number of benzene rings is 1. The summed E-state index contributed by atoms with van der Waals surface area (Å²) in [6, 6.07) is 13.2. The molecule has 8 bridgehead atoms. The molecule has 128 valence electrons. The predicted molar refractivity (Wildman–Crippen MR) is 113 cm³/mol. The van der Waals surface area contributed by atoms with Crippen molar-refractivity contribution < 1.29 is 0 Å². The zero-order valence-electron chi connectivity index (χ0n) is 13.3. The van der Waals surface area contributed by atoms with E-state index in [2.05, 4.69) is 53.9 Å². The van der Waals surface area contributed by atoms with E-state index in [1.807, 2.05) is 11.3 Å². The van der Waals surface area contributed by atoms with Crippen molar-refractivity contribution in [1.29, 1.82) is 0 Å². The summed E-state index contributed by atoms with van der Waals surface area (Å²) in [7, 11) is 0. The van der Waals surface area contributed by atoms with Crippen molar-refractivity contribution in [3.8, 4) is 0 Å². The van der Waals surface area contributed by atoms with Crippen LogP contribution in [0.4, 0.5) is 11.4 Å². The highest BCUT2D eigenvalue weighted by Gasteiger charge is 2.18. The molecule has 4 aromatic heterocycles. The third-order valence-corrected chi connectivity index (χ3v) is 9.46. The van der Waals surface area contributed by atoms with Gasteiger partial charge in [-0.3, -0.25) is 0 Å². The van der Waals surface area contributed by atoms with E-state index in [4.69, 9.17) is 0 Å². The smallest absolute Gasteiger partial charge is 0.116 e. The zero-order chi connectivity index (χ0) is 17.5. The lowest BCUT2D eigenvalue weighted by Crippen LogP contribution is -1.81. The molecular weight excluding hydrogens is 433 g/mol. The van der Waals surface area contributed by atoms with E-state index in [9.17, 15) is 0 Å². The van der Waals surface area contributed by atoms with Gasteiger partial charge in [-0.15, -0.1) is 34.0 Å². The molecule has 3 aliphatic heterocycles. The van der Waals surface area contributed by atoms with Crippen molar-refractivity contribution in [2.75, 3.05) is 0 Å². The normalized spacial score (nSPS) is 16.0. The third kappa shape index (κ3) is 1.95. The topological polar surface area (TPSA) is 50.5 Å². The van der Waals surface area contributed by atoms with Crippen molar-refractivity contribution in [1.82, 2.24) is 8.75 Å². The highest BCUT2D eigenvalue weighted by molar-refractivity contribution is 7.58. The molecule has 0 saturated carbocycles. The molecule has 9 heteroatoms. The zero-order valence-corrected chi connectivity index (χ0v) is 17.4. The number of hydrogen-bond donors (Lipinski definition) is 0. The van der Waals surface area contributed by atoms with E-state index in [1.165, 1.54) is 50.3 Å². The van der Waals surface area contributed by atoms with E-state index in [-0.39, 0.29) is 0 Å². The molecule has 0 radical (unpaired) electrons. The fraction of sp³-hybridized carbons (Fsp3) is 0. The van der Waals surface area contributed by atoms with Crippen molar-refractivity contribution in [3.63, 3.8) is 0 Å². The maximum Gasteiger partial charge on any atom is 0.116 e. The summed E-state index contributed by atoms with van der Waals surface area (Å²) >= 11 is 7.95. The van der Waals surface area contributed by atoms with E-state index in [0.29, 0.717) is 0 Å². The number of rotatable bonds is 0. The SMILES string of the molecule is c1c/c2sc1=c1c3c(c(c4nsnc14)=c1cc/c(s1)=c1\cc/c=2s1)N=S=N3. The summed E-state index contributed by atoms with van der Waals surface area (Å²) in [5, 5.41) is 2.13. The van der Waals surface area contributed by atoms with Crippen LogP contribution in [0.25, 0.3) is 11.0 Å². The van der Waals surface area contributed by atoms with Crippen LogP contribution in [0, 0.1) is 37.6 Å². The van der Waals surface area contributed by atoms with Crippen LogP contribution in [0.1, 0.15) is 0 Å². The summed E-state index contributed by atoms with van der Waals surface area (Å²) < 4.78 is 26.1. The minimum absolute atomic E-state index is 0.934. The molecule has 0 fully saturated rings. The molecule has 0 aliphatic carbocycles. The predicted octanol–water partition coefficient (Wildman–Crippen LogP) is 6.06. The highest BCUT2D eigenvalue weighted by atomic mass is 32.1. The first kappa shape index (κ1) is 14.9. The lowest BCUT2D eigenvalue weighted by Gasteiger charge is -1.99. The van der Waals surface area contributed by atoms with Crippen molar-refractivity contribution in [3.05, 3.63) is 74.0 Å². The van der Waals surface area contributed by atoms with E-state index in [0.717, 1.165) is 32.8 Å². The van der Waals surface area contributed by atoms with Crippen LogP contribution in [-0.4, -0.2) is 8.75 Å². The Morgan fingerprint density at radius 3 is 1.41 bits per heavy atom. The first-order chi connectivity index (χ1) is 13.4. The van der Waals surface area contributed by atoms with Gasteiger partial charge in [0.2, 0.25) is 0 Å². The second-order valence-electron chi connectivity index (χ2n) is 6.16. The van der Waals surface area contributed by atoms with Gasteiger partial charge in [0, 0.05) is 37.6 Å². The Hall–Kier alpha value is -2.04. The van der Waals surface area contributed by atoms with Gasteiger partial charge in [-0.05, 0) is 36.4 Å². The summed E-state index contributed by atoms with van der Waals surface area (Å²) in [6.07, 6.45) is 0. The van der Waals surface area contributed by atoms with Gasteiger partial charge in [0.1, 0.15) is 22.4 Å². The van der Waals surface area contributed by atoms with Crippen LogP contribution in [0.2, 0.25) is 0 Å². The number of hydrogen-bond acceptors (Lipinski definition) is 8. The first-order valence-electron chi connectivity index (χ1n) is 8.08. The molecule has 27 heavy (non-hydrogen) atoms. The minimum Gasteiger partial charge on any atom is -0.172 e. The molecule has 5 aromatic rings. The molecule has 0 unspecified atom stereocenters. The van der Waals surface area contributed by atoms with Crippen molar-refractivity contribution in [2.45, 2.75) is 0 Å². The monoisotopic (exact) mass is 438 g/mol. The number of aromatic nitrogens is 2. The highest BCUT2D eigenvalue weighted by Crippen LogP contribution is 2.40. The Bertz CT molecular complexity index is 1750. The lowest BCUT2D eigenvalue weighted by molar-refractivity contribution is 1.44. The van der Waals surface area contributed by atoms with Crippen LogP contribution < -0.4 is 0 Å². The summed E-state index contributed by atoms with van der Waals surface area (Å²) in [6.45, 7) is 0. The van der Waals surface area contributed by atoms with Crippen LogP contribution in [0.15, 0.2) is 45.1 Å². The van der Waals surface area contributed by atoms with Gasteiger partial charge in [-0.25, -0.2) is 0 Å². The van der Waals surface area contributed by atoms with Gasteiger partial charge in [0.05, 0.1) is 23.1 Å². The fourth-order valence-electron chi connectivity index (χ4n) is 3.54. The summed E-state index contributed by atoms with van der Waals surface area (Å²) in [5.41, 5.74) is 3.74. The van der Waals surface area contributed by atoms with E-state index < -0.39 is 0 Å². The maximum atomic E-state index is 4.66. The van der Waals surface area contributed by atoms with Crippen LogP contribution in [0.3, 0.4) is 0 Å². The number of nitrogens with zero attached hydrogens (tertiary/aromatic N) is 4. The van der Waals surface area contributed by atoms with Gasteiger partial charge in [0.25, 0.3) is 0 Å². The molecule has 0 saturated heterocycles. The van der Waals surface area contributed by atoms with Gasteiger partial charge in [0.15, 0.2) is 0 Å². The Labute approximate surface area is 170 Å². The first-order valence-corrected chi connectivity index (χ1v) is 12.0. The molecule has 3 aliphatic rings. The van der Waals surface area contributed by atoms with E-state index >= 15 is 0 Å². The van der Waals surface area contributed by atoms with E-state index in [1.54, 1.807) is 22.7 Å². The van der Waals surface area contributed by atoms with Crippen LogP contribution in [-0.2, 0) is 11.4 Å². The van der Waals surface area contributed by atoms with Crippen molar-refractivity contribution in [2.24, 2.45) is 8.73 Å². The average molecular weight is 439 g/mol. The Morgan fingerprint density at radius 1 is 0.519 bits per heavy atom. The molecule has 0 N–H and O–H groups in total. The summed E-state index contributed by atoms with van der Waals surface area (Å²) in [4.78, 5) is 0. The van der Waals surface area contributed by atoms with Crippen LogP contribution >= 0.6 is 45.7 Å². The van der Waals surface area contributed by atoms with Gasteiger partial charge in [-0.2, -0.15) is 17.5 Å². The molecule has 0 spiro atoms. The van der Waals surface area contributed by atoms with Crippen LogP contribution in [0.5, 0.6) is 0 Å². The second-order valence-corrected chi connectivity index (χ2v) is 10.5. The fourth-order valence-corrected chi connectivity index (χ4v) is 7.95. The Kier molecular flexibility index (Phi) is 2.92. The van der Waals surface area contributed by atoms with Gasteiger partial charge < -0.3 is 0 Å². The molecule has 0 atom stereocenters. The maximum absolute atomic E-state index is 4.66. The molecular formula is C18H6N4S5. The molecule has 8 rings (SSSR count). The summed E-state index contributed by atoms with van der Waals surface area (Å²) in [5.74, 6) is 0.